The molecule has 0 amide bonds. The fourth-order valence-corrected chi connectivity index (χ4v) is 4.15. The molecule has 1 aliphatic rings. The normalized spacial score (nSPS) is 16.7. The second kappa shape index (κ2) is 8.65. The highest BCUT2D eigenvalue weighted by atomic mass is 19.1. The first kappa shape index (κ1) is 18.2. The lowest BCUT2D eigenvalue weighted by molar-refractivity contribution is 0.532. The fraction of sp³-hybridized carbons (Fsp3) is 0.500. The largest absolute Gasteiger partial charge is 0.207 e. The molecule has 1 unspecified atom stereocenters. The van der Waals surface area contributed by atoms with Crippen LogP contribution in [0.1, 0.15) is 79.7 Å². The molecule has 1 atom stereocenters. The molecule has 0 aliphatic heterocycles. The molecule has 0 nitrogen and oxygen atoms in total. The predicted molar refractivity (Wildman–Crippen MR) is 105 cm³/mol. The van der Waals surface area contributed by atoms with E-state index in [1.807, 2.05) is 6.07 Å². The van der Waals surface area contributed by atoms with Crippen LogP contribution in [0.15, 0.2) is 36.4 Å². The Morgan fingerprint density at radius 1 is 0.880 bits per heavy atom. The van der Waals surface area contributed by atoms with Crippen molar-refractivity contribution in [1.29, 1.82) is 0 Å². The van der Waals surface area contributed by atoms with Crippen molar-refractivity contribution in [3.63, 3.8) is 0 Å². The zero-order valence-corrected chi connectivity index (χ0v) is 15.8. The van der Waals surface area contributed by atoms with Gasteiger partial charge in [0.2, 0.25) is 0 Å². The maximum atomic E-state index is 14.6. The maximum absolute atomic E-state index is 14.6. The number of benzene rings is 2. The topological polar surface area (TPSA) is 0 Å². The van der Waals surface area contributed by atoms with Crippen molar-refractivity contribution in [3.05, 3.63) is 70.0 Å². The number of unbranched alkanes of at least 4 members (excludes halogenated alkanes) is 2. The summed E-state index contributed by atoms with van der Waals surface area (Å²) in [4.78, 5) is 0. The van der Waals surface area contributed by atoms with Gasteiger partial charge in [-0.2, -0.15) is 0 Å². The van der Waals surface area contributed by atoms with Gasteiger partial charge >= 0.3 is 0 Å². The SMILES string of the molecule is CCCCCc1ccc2c(c1)CCC(c1ccc(CCC)cc1F)C2. The number of rotatable bonds is 7. The van der Waals surface area contributed by atoms with Crippen molar-refractivity contribution < 1.29 is 4.39 Å². The summed E-state index contributed by atoms with van der Waals surface area (Å²) >= 11 is 0. The lowest BCUT2D eigenvalue weighted by Gasteiger charge is -2.26. The van der Waals surface area contributed by atoms with Gasteiger partial charge in [0, 0.05) is 0 Å². The van der Waals surface area contributed by atoms with Gasteiger partial charge in [-0.05, 0) is 78.3 Å². The fourth-order valence-electron chi connectivity index (χ4n) is 4.15. The van der Waals surface area contributed by atoms with Crippen LogP contribution in [0.25, 0.3) is 0 Å². The molecular weight excluding hydrogens is 307 g/mol. The first-order chi connectivity index (χ1) is 12.2. The average molecular weight is 339 g/mol. The van der Waals surface area contributed by atoms with Gasteiger partial charge < -0.3 is 0 Å². The van der Waals surface area contributed by atoms with Crippen LogP contribution in [-0.2, 0) is 25.7 Å². The molecule has 0 N–H and O–H groups in total. The standard InChI is InChI=1S/C24H31F/c1-3-5-6-8-19-9-11-21-17-22(13-12-20(21)15-19)23-14-10-18(7-4-2)16-24(23)25/h9-11,14-16,22H,3-8,12-13,17H2,1-2H3. The molecule has 134 valence electrons. The van der Waals surface area contributed by atoms with Crippen LogP contribution in [0.4, 0.5) is 4.39 Å². The van der Waals surface area contributed by atoms with E-state index in [9.17, 15) is 4.39 Å². The summed E-state index contributed by atoms with van der Waals surface area (Å²) in [5.74, 6) is 0.324. The molecule has 2 aromatic carbocycles. The van der Waals surface area contributed by atoms with Crippen LogP contribution >= 0.6 is 0 Å². The third-order valence-corrected chi connectivity index (χ3v) is 5.61. The van der Waals surface area contributed by atoms with Crippen molar-refractivity contribution in [1.82, 2.24) is 0 Å². The van der Waals surface area contributed by atoms with E-state index in [4.69, 9.17) is 0 Å². The Morgan fingerprint density at radius 2 is 1.68 bits per heavy atom. The monoisotopic (exact) mass is 338 g/mol. The van der Waals surface area contributed by atoms with Crippen LogP contribution in [0.2, 0.25) is 0 Å². The molecule has 25 heavy (non-hydrogen) atoms. The highest BCUT2D eigenvalue weighted by Gasteiger charge is 2.22. The van der Waals surface area contributed by atoms with Crippen molar-refractivity contribution in [2.45, 2.75) is 77.6 Å². The second-order valence-corrected chi connectivity index (χ2v) is 7.61. The smallest absolute Gasteiger partial charge is 0.126 e. The van der Waals surface area contributed by atoms with Crippen LogP contribution in [-0.4, -0.2) is 0 Å². The second-order valence-electron chi connectivity index (χ2n) is 7.61. The van der Waals surface area contributed by atoms with Crippen molar-refractivity contribution in [2.75, 3.05) is 0 Å². The van der Waals surface area contributed by atoms with E-state index in [0.29, 0.717) is 5.92 Å². The Labute approximate surface area is 152 Å². The summed E-state index contributed by atoms with van der Waals surface area (Å²) in [6, 6.07) is 12.9. The molecular formula is C24H31F. The van der Waals surface area contributed by atoms with E-state index in [1.54, 1.807) is 6.07 Å². The highest BCUT2D eigenvalue weighted by molar-refractivity contribution is 5.38. The zero-order valence-electron chi connectivity index (χ0n) is 15.8. The lowest BCUT2D eigenvalue weighted by atomic mass is 9.79. The van der Waals surface area contributed by atoms with Gasteiger partial charge in [0.15, 0.2) is 0 Å². The Kier molecular flexibility index (Phi) is 6.29. The van der Waals surface area contributed by atoms with E-state index >= 15 is 0 Å². The number of hydrogen-bond donors (Lipinski definition) is 0. The minimum Gasteiger partial charge on any atom is -0.207 e. The summed E-state index contributed by atoms with van der Waals surface area (Å²) in [7, 11) is 0. The molecule has 2 aromatic rings. The predicted octanol–water partition coefficient (Wildman–Crippen LogP) is 6.78. The Morgan fingerprint density at radius 3 is 2.44 bits per heavy atom. The number of halogens is 1. The first-order valence-electron chi connectivity index (χ1n) is 10.1. The molecule has 0 aromatic heterocycles. The molecule has 0 spiro atoms. The third-order valence-electron chi connectivity index (χ3n) is 5.61. The van der Waals surface area contributed by atoms with E-state index < -0.39 is 0 Å². The minimum atomic E-state index is -0.00409. The van der Waals surface area contributed by atoms with Crippen LogP contribution in [0.3, 0.4) is 0 Å². The van der Waals surface area contributed by atoms with E-state index in [-0.39, 0.29) is 5.82 Å². The molecule has 0 fully saturated rings. The molecule has 0 saturated heterocycles. The summed E-state index contributed by atoms with van der Waals surface area (Å²) in [6.45, 7) is 4.39. The van der Waals surface area contributed by atoms with Gasteiger partial charge in [0.25, 0.3) is 0 Å². The van der Waals surface area contributed by atoms with E-state index in [0.717, 1.165) is 43.2 Å². The van der Waals surface area contributed by atoms with Crippen molar-refractivity contribution in [3.8, 4) is 0 Å². The summed E-state index contributed by atoms with van der Waals surface area (Å²) in [6.07, 6.45) is 10.2. The van der Waals surface area contributed by atoms with Crippen LogP contribution in [0, 0.1) is 5.82 Å². The van der Waals surface area contributed by atoms with Crippen LogP contribution in [0.5, 0.6) is 0 Å². The van der Waals surface area contributed by atoms with Gasteiger partial charge in [-0.3, -0.25) is 0 Å². The quantitative estimate of drug-likeness (QED) is 0.488. The van der Waals surface area contributed by atoms with Gasteiger partial charge in [0.1, 0.15) is 5.82 Å². The Bertz CT molecular complexity index is 701. The summed E-state index contributed by atoms with van der Waals surface area (Å²) < 4.78 is 14.6. The zero-order chi connectivity index (χ0) is 17.6. The summed E-state index contributed by atoms with van der Waals surface area (Å²) in [5, 5.41) is 0. The third kappa shape index (κ3) is 4.51. The van der Waals surface area contributed by atoms with Gasteiger partial charge in [-0.15, -0.1) is 0 Å². The highest BCUT2D eigenvalue weighted by Crippen LogP contribution is 2.34. The molecule has 3 rings (SSSR count). The van der Waals surface area contributed by atoms with Crippen molar-refractivity contribution >= 4 is 0 Å². The Balaban J connectivity index is 1.71. The van der Waals surface area contributed by atoms with Crippen LogP contribution < -0.4 is 0 Å². The van der Waals surface area contributed by atoms with Gasteiger partial charge in [-0.25, -0.2) is 4.39 Å². The number of hydrogen-bond acceptors (Lipinski definition) is 0. The molecule has 1 aliphatic carbocycles. The average Bonchev–Trinajstić information content (AvgIpc) is 2.62. The minimum absolute atomic E-state index is 0.00409. The van der Waals surface area contributed by atoms with Gasteiger partial charge in [0.05, 0.1) is 0 Å². The number of aryl methyl sites for hydroxylation is 3. The van der Waals surface area contributed by atoms with Crippen molar-refractivity contribution in [2.24, 2.45) is 0 Å². The maximum Gasteiger partial charge on any atom is 0.126 e. The van der Waals surface area contributed by atoms with Gasteiger partial charge in [-0.1, -0.05) is 63.4 Å². The molecule has 0 bridgehead atoms. The molecule has 0 saturated carbocycles. The lowest BCUT2D eigenvalue weighted by Crippen LogP contribution is -2.14. The Hall–Kier alpha value is -1.63. The summed E-state index contributed by atoms with van der Waals surface area (Å²) in [5.41, 5.74) is 6.43. The van der Waals surface area contributed by atoms with E-state index in [1.165, 1.54) is 42.4 Å². The molecule has 0 radical (unpaired) electrons. The molecule has 0 heterocycles. The molecule has 1 heteroatoms. The number of fused-ring (bicyclic) bond motifs is 1. The first-order valence-corrected chi connectivity index (χ1v) is 10.1. The van der Waals surface area contributed by atoms with E-state index in [2.05, 4.69) is 38.1 Å².